The molecule has 0 spiro atoms. The molecule has 236 valence electrons. The zero-order valence-electron chi connectivity index (χ0n) is 22.2. The van der Waals surface area contributed by atoms with Crippen molar-refractivity contribution >= 4 is 37.2 Å². The molecule has 2 aromatic rings. The smallest absolute Gasteiger partial charge is 0.337 e. The topological polar surface area (TPSA) is 88.6 Å². The predicted molar refractivity (Wildman–Crippen MR) is 141 cm³/mol. The van der Waals surface area contributed by atoms with Crippen LogP contribution >= 0.6 is 11.6 Å². The third-order valence-corrected chi connectivity index (χ3v) is 13.3. The van der Waals surface area contributed by atoms with E-state index in [2.05, 4.69) is 0 Å². The van der Waals surface area contributed by atoms with Crippen molar-refractivity contribution in [1.29, 1.82) is 0 Å². The zero-order chi connectivity index (χ0) is 31.8. The molecule has 2 aromatic carbocycles. The Morgan fingerprint density at radius 1 is 0.930 bits per heavy atom. The van der Waals surface area contributed by atoms with Crippen LogP contribution in [0.15, 0.2) is 47.4 Å². The number of aryl methyl sites for hydroxylation is 1. The highest BCUT2D eigenvalue weighted by molar-refractivity contribution is 7.92. The molecule has 2 fully saturated rings. The van der Waals surface area contributed by atoms with Crippen molar-refractivity contribution < 1.29 is 52.4 Å². The quantitative estimate of drug-likeness (QED) is 0.390. The van der Waals surface area contributed by atoms with E-state index in [1.54, 1.807) is 0 Å². The summed E-state index contributed by atoms with van der Waals surface area (Å²) in [5, 5.41) is 0.0484. The van der Waals surface area contributed by atoms with Gasteiger partial charge in [-0.1, -0.05) is 35.9 Å². The molecular formula is C27H25ClF7NO5S2. The molecule has 5 rings (SSSR count). The van der Waals surface area contributed by atoms with Gasteiger partial charge in [-0.15, -0.1) is 0 Å². The Morgan fingerprint density at radius 2 is 1.56 bits per heavy atom. The van der Waals surface area contributed by atoms with Gasteiger partial charge in [-0.05, 0) is 61.4 Å². The highest BCUT2D eigenvalue weighted by Crippen LogP contribution is 2.57. The molecule has 0 bridgehead atoms. The first-order chi connectivity index (χ1) is 19.8. The van der Waals surface area contributed by atoms with Crippen LogP contribution in [0.5, 0.6) is 0 Å². The third kappa shape index (κ3) is 4.93. The lowest BCUT2D eigenvalue weighted by Gasteiger charge is -2.43. The Bertz CT molecular complexity index is 1650. The van der Waals surface area contributed by atoms with E-state index >= 15 is 0 Å². The molecule has 2 heterocycles. The molecule has 2 unspecified atom stereocenters. The molecule has 3 aliphatic rings. The fourth-order valence-corrected chi connectivity index (χ4v) is 10.9. The lowest BCUT2D eigenvalue weighted by atomic mass is 9.76. The molecule has 0 radical (unpaired) electrons. The Balaban J connectivity index is 1.66. The molecule has 43 heavy (non-hydrogen) atoms. The number of carbonyl (C=O) groups is 1. The fraction of sp³-hybridized carbons (Fsp3) is 0.519. The summed E-state index contributed by atoms with van der Waals surface area (Å²) in [6, 6.07) is 5.58. The monoisotopic (exact) mass is 675 g/mol. The van der Waals surface area contributed by atoms with Gasteiger partial charge in [-0.2, -0.15) is 26.3 Å². The van der Waals surface area contributed by atoms with Crippen molar-refractivity contribution in [3.63, 3.8) is 0 Å². The van der Waals surface area contributed by atoms with Crippen molar-refractivity contribution in [2.75, 3.05) is 18.1 Å². The summed E-state index contributed by atoms with van der Waals surface area (Å²) in [6.45, 7) is -0.119. The largest absolute Gasteiger partial charge is 0.435 e. The average Bonchev–Trinajstić information content (AvgIpc) is 3.32. The van der Waals surface area contributed by atoms with E-state index in [1.165, 1.54) is 23.1 Å². The minimum atomic E-state index is -6.36. The van der Waals surface area contributed by atoms with Gasteiger partial charge in [0.15, 0.2) is 9.84 Å². The number of sulfone groups is 2. The van der Waals surface area contributed by atoms with Crippen LogP contribution in [-0.2, 0) is 41.3 Å². The van der Waals surface area contributed by atoms with Gasteiger partial charge in [-0.3, -0.25) is 4.79 Å². The first kappa shape index (κ1) is 32.0. The summed E-state index contributed by atoms with van der Waals surface area (Å²) < 4.78 is 147. The summed E-state index contributed by atoms with van der Waals surface area (Å²) in [5.74, 6) is -1.62. The minimum absolute atomic E-state index is 0.0336. The van der Waals surface area contributed by atoms with Crippen molar-refractivity contribution in [3.8, 4) is 0 Å². The first-order valence-corrected chi connectivity index (χ1v) is 16.9. The number of carbonyl (C=O) groups excluding carboxylic acids is 1. The van der Waals surface area contributed by atoms with E-state index in [4.69, 9.17) is 11.6 Å². The fourth-order valence-electron chi connectivity index (χ4n) is 6.71. The standard InChI is InChI=1S/C27H25ClF7NO5S2/c28-19-2-1-3-20(15-19)43(40,41)24-10-11-36(23(37)16-8-12-42(38,39)13-9-16)22(24)7-4-17-14-18(5-6-21(17)24)25(29,26(30,31)32)27(33,34)35/h1-3,5-6,14-16,22H,4,7-13H2. The predicted octanol–water partition coefficient (Wildman–Crippen LogP) is 5.67. The zero-order valence-corrected chi connectivity index (χ0v) is 24.6. The summed E-state index contributed by atoms with van der Waals surface area (Å²) >= 11 is 6.06. The number of fused-ring (bicyclic) bond motifs is 3. The van der Waals surface area contributed by atoms with Gasteiger partial charge >= 0.3 is 18.0 Å². The normalized spacial score (nSPS) is 24.8. The maximum atomic E-state index is 15.0. The Hall–Kier alpha value is -2.39. The van der Waals surface area contributed by atoms with Crippen molar-refractivity contribution in [3.05, 3.63) is 64.2 Å². The average molecular weight is 676 g/mol. The lowest BCUT2D eigenvalue weighted by molar-refractivity contribution is -0.348. The molecule has 0 N–H and O–H groups in total. The van der Waals surface area contributed by atoms with Crippen molar-refractivity contribution in [2.45, 2.75) is 65.8 Å². The first-order valence-electron chi connectivity index (χ1n) is 13.2. The summed E-state index contributed by atoms with van der Waals surface area (Å²) in [4.78, 5) is 14.7. The van der Waals surface area contributed by atoms with E-state index in [-0.39, 0.29) is 71.2 Å². The van der Waals surface area contributed by atoms with Gasteiger partial charge in [0, 0.05) is 23.0 Å². The second kappa shape index (κ2) is 10.3. The molecule has 1 aliphatic carbocycles. The molecule has 2 aliphatic heterocycles. The van der Waals surface area contributed by atoms with Gasteiger partial charge in [0.1, 0.15) is 14.6 Å². The van der Waals surface area contributed by atoms with Crippen LogP contribution in [0.4, 0.5) is 30.7 Å². The number of hydrogen-bond donors (Lipinski definition) is 0. The van der Waals surface area contributed by atoms with E-state index in [0.717, 1.165) is 12.1 Å². The van der Waals surface area contributed by atoms with E-state index in [9.17, 15) is 52.4 Å². The molecule has 16 heteroatoms. The molecule has 0 aromatic heterocycles. The number of nitrogens with zero attached hydrogens (tertiary/aromatic N) is 1. The molecule has 6 nitrogen and oxygen atoms in total. The third-order valence-electron chi connectivity index (χ3n) is 8.84. The molecule has 2 atom stereocenters. The molecule has 2 saturated heterocycles. The number of benzene rings is 2. The maximum Gasteiger partial charge on any atom is 0.435 e. The number of hydrogen-bond acceptors (Lipinski definition) is 5. The van der Waals surface area contributed by atoms with Crippen LogP contribution in [-0.4, -0.2) is 64.1 Å². The molecule has 0 saturated carbocycles. The maximum absolute atomic E-state index is 15.0. The number of rotatable bonds is 4. The van der Waals surface area contributed by atoms with Gasteiger partial charge < -0.3 is 4.90 Å². The number of alkyl halides is 7. The SMILES string of the molecule is O=C(C1CCS(=O)(=O)CC1)N1CCC2(S(=O)(=O)c3cccc(Cl)c3)c3ccc(C(F)(C(F)(F)F)C(F)(F)F)cc3CCC12. The Kier molecular flexibility index (Phi) is 7.69. The number of amides is 1. The Morgan fingerprint density at radius 3 is 2.14 bits per heavy atom. The van der Waals surface area contributed by atoms with Gasteiger partial charge in [0.25, 0.3) is 0 Å². The van der Waals surface area contributed by atoms with E-state index in [0.29, 0.717) is 12.1 Å². The second-order valence-corrected chi connectivity index (χ2v) is 16.1. The van der Waals surface area contributed by atoms with E-state index in [1.807, 2.05) is 0 Å². The molecule has 1 amide bonds. The van der Waals surface area contributed by atoms with Crippen LogP contribution in [0.3, 0.4) is 0 Å². The highest BCUT2D eigenvalue weighted by atomic mass is 35.5. The second-order valence-electron chi connectivity index (χ2n) is 11.1. The van der Waals surface area contributed by atoms with Gasteiger partial charge in [-0.25, -0.2) is 21.2 Å². The summed E-state index contributed by atoms with van der Waals surface area (Å²) in [7, 11) is -7.85. The number of likely N-dealkylation sites (tertiary alicyclic amines) is 1. The van der Waals surface area contributed by atoms with E-state index < -0.39 is 65.9 Å². The summed E-state index contributed by atoms with van der Waals surface area (Å²) in [6.07, 6.45) is -13.3. The minimum Gasteiger partial charge on any atom is -0.337 e. The van der Waals surface area contributed by atoms with Crippen LogP contribution in [0.25, 0.3) is 0 Å². The lowest BCUT2D eigenvalue weighted by Crippen LogP contribution is -2.54. The Labute approximate surface area is 248 Å². The number of halogens is 8. The highest BCUT2D eigenvalue weighted by Gasteiger charge is 2.74. The van der Waals surface area contributed by atoms with Gasteiger partial charge in [0.05, 0.1) is 22.4 Å². The van der Waals surface area contributed by atoms with Crippen LogP contribution in [0.1, 0.15) is 42.4 Å². The van der Waals surface area contributed by atoms with Crippen molar-refractivity contribution in [1.82, 2.24) is 4.90 Å². The van der Waals surface area contributed by atoms with Gasteiger partial charge in [0.2, 0.25) is 5.91 Å². The summed E-state index contributed by atoms with van der Waals surface area (Å²) in [5.41, 5.74) is -7.77. The molecular weight excluding hydrogens is 651 g/mol. The van der Waals surface area contributed by atoms with Crippen LogP contribution in [0.2, 0.25) is 5.02 Å². The van der Waals surface area contributed by atoms with Crippen molar-refractivity contribution in [2.24, 2.45) is 5.92 Å². The van der Waals surface area contributed by atoms with Crippen LogP contribution < -0.4 is 0 Å². The van der Waals surface area contributed by atoms with Crippen LogP contribution in [0, 0.1) is 5.92 Å².